The van der Waals surface area contributed by atoms with Crippen molar-refractivity contribution in [3.05, 3.63) is 0 Å². The summed E-state index contributed by atoms with van der Waals surface area (Å²) in [5.41, 5.74) is 10.9. The van der Waals surface area contributed by atoms with Crippen molar-refractivity contribution in [1.29, 1.82) is 0 Å². The second kappa shape index (κ2) is 22.8. The van der Waals surface area contributed by atoms with Gasteiger partial charge in [0, 0.05) is 73.4 Å². The number of rotatable bonds is 21. The fourth-order valence-electron chi connectivity index (χ4n) is 2.79. The zero-order chi connectivity index (χ0) is 24.7. The Morgan fingerprint density at radius 1 is 0.719 bits per heavy atom. The Balaban J connectivity index is 0. The van der Waals surface area contributed by atoms with Gasteiger partial charge >= 0.3 is 17.6 Å². The van der Waals surface area contributed by atoms with Crippen LogP contribution in [0.25, 0.3) is 0 Å². The summed E-state index contributed by atoms with van der Waals surface area (Å²) in [5, 5.41) is 6.48. The van der Waals surface area contributed by atoms with Crippen LogP contribution >= 0.6 is 0 Å². The van der Waals surface area contributed by atoms with Gasteiger partial charge in [-0.05, 0) is 32.7 Å². The Morgan fingerprint density at radius 2 is 1.16 bits per heavy atom. The van der Waals surface area contributed by atoms with Crippen molar-refractivity contribution in [3.8, 4) is 0 Å². The third kappa shape index (κ3) is 15.0. The van der Waals surface area contributed by atoms with E-state index in [2.05, 4.69) is 31.4 Å². The standard InChI is InChI=1S/C13H32N2O3Si.C7H20N2O3Si/c1-4-10-16-19(17-11-5-2,18-12-6-3)13-9-15-8-7-14;1-7(9-6-5-8)13(10-2,11-3)12-4/h15H,4-14H2,1-3H3;7,9H,5-6,8H2,1-4H3. The van der Waals surface area contributed by atoms with E-state index in [1.54, 1.807) is 21.3 Å². The van der Waals surface area contributed by atoms with E-state index in [0.717, 1.165) is 44.9 Å². The summed E-state index contributed by atoms with van der Waals surface area (Å²) in [6, 6.07) is 0.812. The van der Waals surface area contributed by atoms with E-state index in [9.17, 15) is 0 Å². The van der Waals surface area contributed by atoms with Crippen LogP contribution in [0.5, 0.6) is 0 Å². The molecule has 0 aliphatic heterocycles. The van der Waals surface area contributed by atoms with Crippen molar-refractivity contribution in [2.45, 2.75) is 58.7 Å². The van der Waals surface area contributed by atoms with E-state index in [0.29, 0.717) is 32.9 Å². The number of hydrogen-bond donors (Lipinski definition) is 4. The highest BCUT2D eigenvalue weighted by Crippen LogP contribution is 2.17. The lowest BCUT2D eigenvalue weighted by atomic mass is 10.5. The van der Waals surface area contributed by atoms with Crippen molar-refractivity contribution >= 4 is 17.6 Å². The van der Waals surface area contributed by atoms with Gasteiger partial charge in [0.05, 0.1) is 5.67 Å². The van der Waals surface area contributed by atoms with Crippen LogP contribution in [-0.2, 0) is 26.6 Å². The van der Waals surface area contributed by atoms with Gasteiger partial charge in [-0.15, -0.1) is 0 Å². The lowest BCUT2D eigenvalue weighted by Crippen LogP contribution is -2.59. The third-order valence-corrected chi connectivity index (χ3v) is 10.3. The van der Waals surface area contributed by atoms with E-state index in [1.807, 2.05) is 6.92 Å². The van der Waals surface area contributed by atoms with Crippen LogP contribution in [0.2, 0.25) is 6.04 Å². The average Bonchev–Trinajstić information content (AvgIpc) is 2.83. The molecular formula is C20H52N4O6Si2. The average molecular weight is 501 g/mol. The molecule has 12 heteroatoms. The summed E-state index contributed by atoms with van der Waals surface area (Å²) in [6.45, 7) is 14.0. The SMILES string of the molecule is CCCO[Si](CCNCCN)(OCCC)OCCC.CO[Si](OC)(OC)C(C)NCCN. The number of nitrogens with one attached hydrogen (secondary N) is 2. The first-order valence-electron chi connectivity index (χ1n) is 11.8. The molecule has 1 unspecified atom stereocenters. The molecule has 0 fully saturated rings. The van der Waals surface area contributed by atoms with Crippen molar-refractivity contribution < 1.29 is 26.6 Å². The van der Waals surface area contributed by atoms with Gasteiger partial charge in [0.1, 0.15) is 0 Å². The maximum atomic E-state index is 5.99. The Kier molecular flexibility index (Phi) is 24.4. The minimum atomic E-state index is -2.52. The molecule has 10 nitrogen and oxygen atoms in total. The molecule has 0 aromatic rings. The molecule has 0 saturated carbocycles. The molecule has 0 aliphatic carbocycles. The van der Waals surface area contributed by atoms with E-state index in [1.165, 1.54) is 0 Å². The van der Waals surface area contributed by atoms with Gasteiger partial charge in [0.25, 0.3) is 0 Å². The van der Waals surface area contributed by atoms with E-state index >= 15 is 0 Å². The normalized spacial score (nSPS) is 13.0. The third-order valence-electron chi connectivity index (χ3n) is 4.49. The van der Waals surface area contributed by atoms with E-state index in [-0.39, 0.29) is 5.67 Å². The molecule has 196 valence electrons. The van der Waals surface area contributed by atoms with Crippen LogP contribution in [0.15, 0.2) is 0 Å². The van der Waals surface area contributed by atoms with Crippen molar-refractivity contribution in [3.63, 3.8) is 0 Å². The van der Waals surface area contributed by atoms with Gasteiger partial charge in [-0.2, -0.15) is 0 Å². The first kappa shape index (κ1) is 34.2. The highest BCUT2D eigenvalue weighted by atomic mass is 28.4. The monoisotopic (exact) mass is 500 g/mol. The predicted octanol–water partition coefficient (Wildman–Crippen LogP) is 1.09. The maximum Gasteiger partial charge on any atom is 0.517 e. The summed E-state index contributed by atoms with van der Waals surface area (Å²) in [6.07, 6.45) is 2.95. The Bertz CT molecular complexity index is 369. The van der Waals surface area contributed by atoms with Gasteiger partial charge in [-0.1, -0.05) is 20.8 Å². The molecule has 0 heterocycles. The Hall–Kier alpha value is 0.0338. The first-order chi connectivity index (χ1) is 15.4. The summed E-state index contributed by atoms with van der Waals surface area (Å²) >= 11 is 0. The fraction of sp³-hybridized carbons (Fsp3) is 1.00. The topological polar surface area (TPSA) is 131 Å². The van der Waals surface area contributed by atoms with Crippen LogP contribution in [0.1, 0.15) is 47.0 Å². The van der Waals surface area contributed by atoms with Gasteiger partial charge in [-0.25, -0.2) is 0 Å². The molecule has 0 radical (unpaired) electrons. The maximum absolute atomic E-state index is 5.99. The summed E-state index contributed by atoms with van der Waals surface area (Å²) in [4.78, 5) is 0. The Morgan fingerprint density at radius 3 is 1.50 bits per heavy atom. The van der Waals surface area contributed by atoms with E-state index < -0.39 is 17.6 Å². The lowest BCUT2D eigenvalue weighted by molar-refractivity contribution is 0.0593. The van der Waals surface area contributed by atoms with Crippen LogP contribution in [0.3, 0.4) is 0 Å². The van der Waals surface area contributed by atoms with Crippen molar-refractivity contribution in [2.75, 3.05) is 73.9 Å². The highest BCUT2D eigenvalue weighted by Gasteiger charge is 2.44. The zero-order valence-corrected chi connectivity index (χ0v) is 23.7. The largest absolute Gasteiger partial charge is 0.517 e. The second-order valence-corrected chi connectivity index (χ2v) is 13.2. The van der Waals surface area contributed by atoms with Crippen LogP contribution < -0.4 is 22.1 Å². The molecule has 1 atom stereocenters. The molecule has 0 amide bonds. The summed E-state index contributed by atoms with van der Waals surface area (Å²) in [5.74, 6) is 0. The second-order valence-electron chi connectivity index (χ2n) is 7.20. The van der Waals surface area contributed by atoms with Crippen LogP contribution in [0.4, 0.5) is 0 Å². The lowest BCUT2D eigenvalue weighted by Gasteiger charge is -2.30. The molecule has 0 aliphatic rings. The van der Waals surface area contributed by atoms with Gasteiger partial charge < -0.3 is 48.7 Å². The molecule has 0 aromatic carbocycles. The first-order valence-corrected chi connectivity index (χ1v) is 15.6. The predicted molar refractivity (Wildman–Crippen MR) is 135 cm³/mol. The molecule has 32 heavy (non-hydrogen) atoms. The highest BCUT2D eigenvalue weighted by molar-refractivity contribution is 6.62. The molecule has 6 N–H and O–H groups in total. The Labute approximate surface area is 199 Å². The molecule has 0 aromatic heterocycles. The van der Waals surface area contributed by atoms with Crippen LogP contribution in [-0.4, -0.2) is 97.1 Å². The summed E-state index contributed by atoms with van der Waals surface area (Å²) in [7, 11) is -0.245. The fourth-order valence-corrected chi connectivity index (χ4v) is 7.45. The van der Waals surface area contributed by atoms with E-state index in [4.69, 9.17) is 38.0 Å². The molecular weight excluding hydrogens is 448 g/mol. The quantitative estimate of drug-likeness (QED) is 0.134. The molecule has 0 bridgehead atoms. The van der Waals surface area contributed by atoms with Gasteiger partial charge in [0.15, 0.2) is 0 Å². The van der Waals surface area contributed by atoms with Gasteiger partial charge in [-0.3, -0.25) is 0 Å². The smallest absolute Gasteiger partial charge is 0.376 e. The van der Waals surface area contributed by atoms with Crippen LogP contribution in [0, 0.1) is 0 Å². The number of hydrogen-bond acceptors (Lipinski definition) is 10. The van der Waals surface area contributed by atoms with Gasteiger partial charge in [0.2, 0.25) is 0 Å². The molecule has 0 saturated heterocycles. The van der Waals surface area contributed by atoms with Crippen molar-refractivity contribution in [2.24, 2.45) is 11.5 Å². The minimum Gasteiger partial charge on any atom is -0.376 e. The summed E-state index contributed by atoms with van der Waals surface area (Å²) < 4.78 is 33.8. The minimum absolute atomic E-state index is 0.0519. The van der Waals surface area contributed by atoms with Crippen molar-refractivity contribution in [1.82, 2.24) is 10.6 Å². The zero-order valence-electron chi connectivity index (χ0n) is 21.7. The number of nitrogens with two attached hydrogens (primary N) is 2. The molecule has 0 spiro atoms. The molecule has 0 rings (SSSR count).